The van der Waals surface area contributed by atoms with Gasteiger partial charge in [0.15, 0.2) is 16.6 Å². The predicted molar refractivity (Wildman–Crippen MR) is 166 cm³/mol. The van der Waals surface area contributed by atoms with E-state index in [0.717, 1.165) is 44.2 Å². The minimum atomic E-state index is -1.92. The molecule has 0 bridgehead atoms. The zero-order valence-electron chi connectivity index (χ0n) is 29.3. The average Bonchev–Trinajstić information content (AvgIpc) is 3.06. The third-order valence-electron chi connectivity index (χ3n) is 6.77. The predicted octanol–water partition coefficient (Wildman–Crippen LogP) is 7.03. The van der Waals surface area contributed by atoms with Crippen molar-refractivity contribution < 1.29 is 99.1 Å². The van der Waals surface area contributed by atoms with Gasteiger partial charge in [-0.2, -0.15) is 0 Å². The molecule has 294 valence electrons. The highest BCUT2D eigenvalue weighted by Gasteiger charge is 2.32. The van der Waals surface area contributed by atoms with Crippen LogP contribution in [0.15, 0.2) is 0 Å². The van der Waals surface area contributed by atoms with Gasteiger partial charge < -0.3 is 18.4 Å². The first kappa shape index (κ1) is 48.3. The van der Waals surface area contributed by atoms with Gasteiger partial charge in [-0.25, -0.2) is 10.1 Å². The van der Waals surface area contributed by atoms with E-state index in [1.54, 1.807) is 0 Å². The van der Waals surface area contributed by atoms with Crippen molar-refractivity contribution in [3.8, 4) is 0 Å². The molecular formula is C27H58O20Si2. The monoisotopic (exact) mass is 758 g/mol. The minimum Gasteiger partial charge on any atom is -0.455 e. The Morgan fingerprint density at radius 2 is 0.796 bits per heavy atom. The molecule has 0 spiro atoms. The van der Waals surface area contributed by atoms with E-state index >= 15 is 0 Å². The van der Waals surface area contributed by atoms with Crippen LogP contribution in [0.2, 0.25) is 38.3 Å². The SMILES string of the molecule is C[Si](C)(CCCOCCOCCCCCCCCCCCCCCC=O)O[Si](C)(C)CCCOOOOOOOOOOOOOOOO. The maximum absolute atomic E-state index is 10.3. The van der Waals surface area contributed by atoms with Gasteiger partial charge in [0.25, 0.3) is 0 Å². The Morgan fingerprint density at radius 1 is 0.429 bits per heavy atom. The summed E-state index contributed by atoms with van der Waals surface area (Å²) in [5, 5.41) is 58.9. The van der Waals surface area contributed by atoms with Crippen molar-refractivity contribution in [3.05, 3.63) is 0 Å². The molecule has 22 heteroatoms. The van der Waals surface area contributed by atoms with E-state index in [-0.39, 0.29) is 6.61 Å². The second-order valence-corrected chi connectivity index (χ2v) is 20.9. The lowest BCUT2D eigenvalue weighted by molar-refractivity contribution is -0.883. The number of rotatable bonds is 42. The molecule has 0 atom stereocenters. The quantitative estimate of drug-likeness (QED) is 0.0218. The molecule has 0 unspecified atom stereocenters. The molecule has 49 heavy (non-hydrogen) atoms. The molecule has 0 heterocycles. The van der Waals surface area contributed by atoms with Crippen molar-refractivity contribution in [2.24, 2.45) is 0 Å². The number of ether oxygens (including phenoxy) is 2. The first-order valence-electron chi connectivity index (χ1n) is 16.7. The summed E-state index contributed by atoms with van der Waals surface area (Å²) in [6, 6.07) is 1.87. The highest BCUT2D eigenvalue weighted by Crippen LogP contribution is 2.24. The molecule has 0 aliphatic rings. The second kappa shape index (κ2) is 37.1. The van der Waals surface area contributed by atoms with Crippen LogP contribution in [0.1, 0.15) is 96.3 Å². The van der Waals surface area contributed by atoms with Crippen LogP contribution in [0.3, 0.4) is 0 Å². The smallest absolute Gasteiger partial charge is 0.173 e. The fourth-order valence-electron chi connectivity index (χ4n) is 4.72. The maximum atomic E-state index is 10.3. The Hall–Kier alpha value is -0.656. The lowest BCUT2D eigenvalue weighted by Gasteiger charge is -2.34. The standard InChI is InChI=1S/C27H58O20Si2/c1-48(2,26-18-22-31-25-24-30-21-17-15-13-11-9-7-5-6-8-10-12-14-16-20-28)47-49(3,4)27-19-23-32-34-36-38-40-42-44-46-45-43-41-39-37-35-33-29/h20,29H,5-19,21-27H2,1-4H3. The molecule has 0 radical (unpaired) electrons. The number of aldehydes is 1. The van der Waals surface area contributed by atoms with E-state index in [4.69, 9.17) is 23.7 Å². The van der Waals surface area contributed by atoms with Crippen LogP contribution in [0.5, 0.6) is 0 Å². The Balaban J connectivity index is 3.47. The molecular weight excluding hydrogens is 700 g/mol. The van der Waals surface area contributed by atoms with Crippen LogP contribution in [-0.4, -0.2) is 61.2 Å². The second-order valence-electron chi connectivity index (χ2n) is 12.0. The van der Waals surface area contributed by atoms with Gasteiger partial charge >= 0.3 is 0 Å². The van der Waals surface area contributed by atoms with Crippen LogP contribution in [0.4, 0.5) is 0 Å². The van der Waals surface area contributed by atoms with E-state index in [9.17, 15) is 4.79 Å². The van der Waals surface area contributed by atoms with Gasteiger partial charge in [0, 0.05) is 19.6 Å². The number of hydrogen-bond donors (Lipinski definition) is 1. The van der Waals surface area contributed by atoms with Crippen LogP contribution < -0.4 is 0 Å². The molecule has 20 nitrogen and oxygen atoms in total. The summed E-state index contributed by atoms with van der Waals surface area (Å²) in [7, 11) is -3.77. The Kier molecular flexibility index (Phi) is 36.6. The normalized spacial score (nSPS) is 12.3. The fourth-order valence-corrected chi connectivity index (χ4v) is 13.5. The van der Waals surface area contributed by atoms with Crippen molar-refractivity contribution in [2.75, 3.05) is 33.0 Å². The average molecular weight is 759 g/mol. The highest BCUT2D eigenvalue weighted by molar-refractivity contribution is 6.84. The summed E-state index contributed by atoms with van der Waals surface area (Å²) in [4.78, 5) is 15.1. The third kappa shape index (κ3) is 40.0. The minimum absolute atomic E-state index is 0.209. The van der Waals surface area contributed by atoms with Crippen molar-refractivity contribution >= 4 is 22.9 Å². The molecule has 0 fully saturated rings. The third-order valence-corrected chi connectivity index (χ3v) is 14.3. The van der Waals surface area contributed by atoms with Gasteiger partial charge in [-0.15, -0.1) is 0 Å². The van der Waals surface area contributed by atoms with Gasteiger partial charge in [0.2, 0.25) is 0 Å². The summed E-state index contributed by atoms with van der Waals surface area (Å²) in [5.74, 6) is 0. The van der Waals surface area contributed by atoms with Crippen molar-refractivity contribution in [3.63, 3.8) is 0 Å². The summed E-state index contributed by atoms with van der Waals surface area (Å²) >= 11 is 0. The molecule has 0 saturated carbocycles. The first-order valence-corrected chi connectivity index (χ1v) is 22.9. The van der Waals surface area contributed by atoms with E-state index in [0.29, 0.717) is 32.7 Å². The van der Waals surface area contributed by atoms with Gasteiger partial charge in [0.05, 0.1) is 19.8 Å². The zero-order valence-corrected chi connectivity index (χ0v) is 31.3. The molecule has 0 amide bonds. The molecule has 0 aliphatic carbocycles. The lowest BCUT2D eigenvalue weighted by Crippen LogP contribution is -2.44. The molecule has 0 rings (SSSR count). The van der Waals surface area contributed by atoms with Crippen molar-refractivity contribution in [1.82, 2.24) is 0 Å². The number of hydrogen-bond acceptors (Lipinski definition) is 20. The van der Waals surface area contributed by atoms with E-state index in [2.05, 4.69) is 96.7 Å². The van der Waals surface area contributed by atoms with Crippen LogP contribution in [0.25, 0.3) is 0 Å². The van der Waals surface area contributed by atoms with Crippen molar-refractivity contribution in [1.29, 1.82) is 0 Å². The molecule has 0 saturated heterocycles. The van der Waals surface area contributed by atoms with Crippen molar-refractivity contribution in [2.45, 2.75) is 135 Å². The molecule has 0 aromatic rings. The number of carbonyl (C=O) groups excluding carboxylic acids is 1. The fraction of sp³-hybridized carbons (Fsp3) is 0.963. The molecule has 0 aliphatic heterocycles. The zero-order chi connectivity index (χ0) is 36.0. The van der Waals surface area contributed by atoms with Gasteiger partial charge in [-0.3, -0.25) is 0 Å². The Bertz CT molecular complexity index is 684. The van der Waals surface area contributed by atoms with E-state index < -0.39 is 16.6 Å². The van der Waals surface area contributed by atoms with E-state index in [1.807, 2.05) is 0 Å². The Labute approximate surface area is 289 Å². The Morgan fingerprint density at radius 3 is 1.24 bits per heavy atom. The first-order chi connectivity index (χ1) is 23.8. The largest absolute Gasteiger partial charge is 0.455 e. The van der Waals surface area contributed by atoms with Crippen LogP contribution >= 0.6 is 0 Å². The van der Waals surface area contributed by atoms with E-state index in [1.165, 1.54) is 64.2 Å². The lowest BCUT2D eigenvalue weighted by atomic mass is 10.0. The highest BCUT2D eigenvalue weighted by atomic mass is 28.4. The molecule has 0 aromatic heterocycles. The molecule has 0 aromatic carbocycles. The summed E-state index contributed by atoms with van der Waals surface area (Å²) < 4.78 is 18.1. The van der Waals surface area contributed by atoms with Crippen LogP contribution in [0, 0.1) is 0 Å². The summed E-state index contributed by atoms with van der Waals surface area (Å²) in [5.41, 5.74) is 0. The molecule has 1 N–H and O–H groups in total. The summed E-state index contributed by atoms with van der Waals surface area (Å²) in [6.07, 6.45) is 18.4. The number of unbranched alkanes of at least 4 members (excludes halogenated alkanes) is 12. The van der Waals surface area contributed by atoms with Gasteiger partial charge in [0.1, 0.15) is 6.29 Å². The maximum Gasteiger partial charge on any atom is 0.173 e. The van der Waals surface area contributed by atoms with Crippen LogP contribution in [-0.2, 0) is 93.8 Å². The topological polar surface area (TPSA) is 203 Å². The summed E-state index contributed by atoms with van der Waals surface area (Å²) in [6.45, 7) is 11.8. The number of carbonyl (C=O) groups is 1. The van der Waals surface area contributed by atoms with Gasteiger partial charge in [-0.1, -0.05) is 64.2 Å². The van der Waals surface area contributed by atoms with Gasteiger partial charge in [-0.05, 0) is 134 Å².